The Kier molecular flexibility index (Phi) is 6.12. The molecule has 1 aromatic heterocycles. The number of carbonyl (C=O) groups is 1. The zero-order valence-corrected chi connectivity index (χ0v) is 16.0. The van der Waals surface area contributed by atoms with Gasteiger partial charge < -0.3 is 14.5 Å². The van der Waals surface area contributed by atoms with Gasteiger partial charge in [-0.2, -0.15) is 0 Å². The molecule has 3 rings (SSSR count). The molecule has 1 amide bonds. The molecule has 1 heterocycles. The summed E-state index contributed by atoms with van der Waals surface area (Å²) in [4.78, 5) is 22.4. The highest BCUT2D eigenvalue weighted by Crippen LogP contribution is 2.30. The molecule has 0 saturated heterocycles. The van der Waals surface area contributed by atoms with E-state index >= 15 is 0 Å². The average molecular weight is 421 g/mol. The minimum atomic E-state index is -0.546. The fraction of sp³-hybridized carbons (Fsp3) is 0.118. The molecule has 3 aromatic rings. The van der Waals surface area contributed by atoms with Gasteiger partial charge in [-0.3, -0.25) is 14.9 Å². The molecule has 144 valence electrons. The average Bonchev–Trinajstić information content (AvgIpc) is 3.15. The second kappa shape index (κ2) is 8.72. The monoisotopic (exact) mass is 420 g/mol. The SMILES string of the molecule is COc1cc([N+](=O)[O-])ccc1NC(=O)CSc1nnc(-c2ccccc2Cl)o1. The third-order valence-corrected chi connectivity index (χ3v) is 4.66. The molecule has 0 aliphatic rings. The van der Waals surface area contributed by atoms with E-state index in [2.05, 4.69) is 15.5 Å². The van der Waals surface area contributed by atoms with Crippen molar-refractivity contribution in [3.63, 3.8) is 0 Å². The van der Waals surface area contributed by atoms with Gasteiger partial charge >= 0.3 is 0 Å². The van der Waals surface area contributed by atoms with Crippen LogP contribution in [0.1, 0.15) is 0 Å². The van der Waals surface area contributed by atoms with Crippen LogP contribution < -0.4 is 10.1 Å². The van der Waals surface area contributed by atoms with Crippen molar-refractivity contribution in [3.05, 3.63) is 57.6 Å². The van der Waals surface area contributed by atoms with Crippen molar-refractivity contribution in [1.29, 1.82) is 0 Å². The molecular formula is C17H13ClN4O5S. The Bertz CT molecular complexity index is 1030. The molecule has 28 heavy (non-hydrogen) atoms. The summed E-state index contributed by atoms with van der Waals surface area (Å²) >= 11 is 7.14. The van der Waals surface area contributed by atoms with Crippen LogP contribution in [0.4, 0.5) is 11.4 Å². The maximum Gasteiger partial charge on any atom is 0.277 e. The molecule has 1 N–H and O–H groups in total. The number of methoxy groups -OCH3 is 1. The predicted octanol–water partition coefficient (Wildman–Crippen LogP) is 4.04. The Morgan fingerprint density at radius 1 is 1.32 bits per heavy atom. The molecule has 0 aliphatic heterocycles. The number of benzene rings is 2. The van der Waals surface area contributed by atoms with Gasteiger partial charge in [0, 0.05) is 6.07 Å². The molecule has 0 radical (unpaired) electrons. The van der Waals surface area contributed by atoms with Crippen molar-refractivity contribution in [2.24, 2.45) is 0 Å². The Morgan fingerprint density at radius 3 is 2.82 bits per heavy atom. The molecule has 0 spiro atoms. The van der Waals surface area contributed by atoms with Crippen LogP contribution in [0.5, 0.6) is 5.75 Å². The van der Waals surface area contributed by atoms with E-state index in [9.17, 15) is 14.9 Å². The highest BCUT2D eigenvalue weighted by atomic mass is 35.5. The van der Waals surface area contributed by atoms with Gasteiger partial charge in [0.15, 0.2) is 0 Å². The fourth-order valence-corrected chi connectivity index (χ4v) is 3.00. The third-order valence-electron chi connectivity index (χ3n) is 3.51. The summed E-state index contributed by atoms with van der Waals surface area (Å²) < 4.78 is 10.6. The first-order valence-corrected chi connectivity index (χ1v) is 9.17. The maximum absolute atomic E-state index is 12.2. The van der Waals surface area contributed by atoms with E-state index in [1.807, 2.05) is 0 Å². The lowest BCUT2D eigenvalue weighted by atomic mass is 10.2. The number of rotatable bonds is 7. The largest absolute Gasteiger partial charge is 0.494 e. The van der Waals surface area contributed by atoms with Crippen LogP contribution in [0, 0.1) is 10.1 Å². The number of anilines is 1. The lowest BCUT2D eigenvalue weighted by molar-refractivity contribution is -0.384. The number of aromatic nitrogens is 2. The number of thioether (sulfide) groups is 1. The Morgan fingerprint density at radius 2 is 2.11 bits per heavy atom. The summed E-state index contributed by atoms with van der Waals surface area (Å²) in [6, 6.07) is 11.0. The minimum Gasteiger partial charge on any atom is -0.494 e. The molecule has 0 aliphatic carbocycles. The van der Waals surface area contributed by atoms with Crippen LogP contribution in [-0.4, -0.2) is 33.9 Å². The van der Waals surface area contributed by atoms with Gasteiger partial charge in [-0.15, -0.1) is 10.2 Å². The van der Waals surface area contributed by atoms with E-state index in [1.54, 1.807) is 24.3 Å². The van der Waals surface area contributed by atoms with E-state index in [0.29, 0.717) is 16.3 Å². The predicted molar refractivity (Wildman–Crippen MR) is 104 cm³/mol. The molecular weight excluding hydrogens is 408 g/mol. The quantitative estimate of drug-likeness (QED) is 0.345. The van der Waals surface area contributed by atoms with E-state index in [-0.39, 0.29) is 34.2 Å². The number of halogens is 1. The minimum absolute atomic E-state index is 0.00963. The lowest BCUT2D eigenvalue weighted by Gasteiger charge is -2.09. The summed E-state index contributed by atoms with van der Waals surface area (Å²) in [5.41, 5.74) is 0.784. The Balaban J connectivity index is 1.62. The second-order valence-electron chi connectivity index (χ2n) is 5.33. The van der Waals surface area contributed by atoms with Crippen molar-refractivity contribution in [2.45, 2.75) is 5.22 Å². The van der Waals surface area contributed by atoms with Crippen LogP contribution in [0.25, 0.3) is 11.5 Å². The van der Waals surface area contributed by atoms with Crippen molar-refractivity contribution in [3.8, 4) is 17.2 Å². The normalized spacial score (nSPS) is 10.5. The van der Waals surface area contributed by atoms with Crippen molar-refractivity contribution in [2.75, 3.05) is 18.2 Å². The van der Waals surface area contributed by atoms with E-state index < -0.39 is 4.92 Å². The number of nitrogens with one attached hydrogen (secondary N) is 1. The number of nitrogens with zero attached hydrogens (tertiary/aromatic N) is 3. The molecule has 11 heteroatoms. The van der Waals surface area contributed by atoms with E-state index in [1.165, 1.54) is 25.3 Å². The summed E-state index contributed by atoms with van der Waals surface area (Å²) in [5.74, 6) is 0.0659. The highest BCUT2D eigenvalue weighted by Gasteiger charge is 2.16. The van der Waals surface area contributed by atoms with Crippen LogP contribution in [0.15, 0.2) is 52.1 Å². The van der Waals surface area contributed by atoms with Crippen molar-refractivity contribution in [1.82, 2.24) is 10.2 Å². The van der Waals surface area contributed by atoms with Crippen molar-refractivity contribution < 1.29 is 18.9 Å². The number of hydrogen-bond donors (Lipinski definition) is 1. The van der Waals surface area contributed by atoms with Gasteiger partial charge in [0.25, 0.3) is 10.9 Å². The van der Waals surface area contributed by atoms with Gasteiger partial charge in [0.05, 0.1) is 40.1 Å². The molecule has 9 nitrogen and oxygen atoms in total. The topological polar surface area (TPSA) is 120 Å². The van der Waals surface area contributed by atoms with Crippen LogP contribution >= 0.6 is 23.4 Å². The van der Waals surface area contributed by atoms with Gasteiger partial charge in [0.1, 0.15) is 5.75 Å². The van der Waals surface area contributed by atoms with Gasteiger partial charge in [-0.05, 0) is 18.2 Å². The van der Waals surface area contributed by atoms with Gasteiger partial charge in [-0.1, -0.05) is 35.5 Å². The molecule has 0 fully saturated rings. The Labute approximate surface area is 168 Å². The maximum atomic E-state index is 12.2. The van der Waals surface area contributed by atoms with Crippen LogP contribution in [0.2, 0.25) is 5.02 Å². The van der Waals surface area contributed by atoms with E-state index in [4.69, 9.17) is 20.8 Å². The highest BCUT2D eigenvalue weighted by molar-refractivity contribution is 7.99. The number of non-ortho nitro benzene ring substituents is 1. The lowest BCUT2D eigenvalue weighted by Crippen LogP contribution is -2.14. The Hall–Kier alpha value is -3.11. The number of amides is 1. The number of nitro benzene ring substituents is 1. The number of ether oxygens (including phenoxy) is 1. The first kappa shape index (κ1) is 19.6. The van der Waals surface area contributed by atoms with Crippen LogP contribution in [0.3, 0.4) is 0 Å². The zero-order valence-electron chi connectivity index (χ0n) is 14.4. The zero-order chi connectivity index (χ0) is 20.1. The molecule has 0 atom stereocenters. The molecule has 0 saturated carbocycles. The second-order valence-corrected chi connectivity index (χ2v) is 6.67. The summed E-state index contributed by atoms with van der Waals surface area (Å²) in [5, 5.41) is 21.9. The van der Waals surface area contributed by atoms with Gasteiger partial charge in [-0.25, -0.2) is 0 Å². The third kappa shape index (κ3) is 4.59. The number of carbonyl (C=O) groups excluding carboxylic acids is 1. The number of hydrogen-bond acceptors (Lipinski definition) is 8. The summed E-state index contributed by atoms with van der Waals surface area (Å²) in [7, 11) is 1.36. The summed E-state index contributed by atoms with van der Waals surface area (Å²) in [6.07, 6.45) is 0. The fourth-order valence-electron chi connectivity index (χ4n) is 2.22. The smallest absolute Gasteiger partial charge is 0.277 e. The summed E-state index contributed by atoms with van der Waals surface area (Å²) in [6.45, 7) is 0. The van der Waals surface area contributed by atoms with Crippen LogP contribution in [-0.2, 0) is 4.79 Å². The van der Waals surface area contributed by atoms with Crippen molar-refractivity contribution >= 4 is 40.6 Å². The number of nitro groups is 1. The molecule has 0 bridgehead atoms. The molecule has 0 unspecified atom stereocenters. The van der Waals surface area contributed by atoms with Gasteiger partial charge in [0.2, 0.25) is 11.8 Å². The molecule has 2 aromatic carbocycles. The first-order valence-electron chi connectivity index (χ1n) is 7.81. The van der Waals surface area contributed by atoms with E-state index in [0.717, 1.165) is 11.8 Å². The standard InChI is InChI=1S/C17H13ClN4O5S/c1-26-14-8-10(22(24)25)6-7-13(14)19-15(23)9-28-17-21-20-16(27-17)11-4-2-3-5-12(11)18/h2-8H,9H2,1H3,(H,19,23). The first-order chi connectivity index (χ1) is 13.5.